The van der Waals surface area contributed by atoms with Gasteiger partial charge in [-0.15, -0.1) is 0 Å². The van der Waals surface area contributed by atoms with Crippen LogP contribution in [0.2, 0.25) is 0 Å². The van der Waals surface area contributed by atoms with Crippen LogP contribution < -0.4 is 5.32 Å². The largest absolute Gasteiger partial charge is 0.308 e. The maximum absolute atomic E-state index is 11.6. The minimum absolute atomic E-state index is 0.332. The summed E-state index contributed by atoms with van der Waals surface area (Å²) < 4.78 is 0.593. The smallest absolute Gasteiger partial charge is 0.242 e. The Balaban J connectivity index is 2.63. The SMILES string of the molecule is CCCC(C#N)C(=O)Nc1cnc(Br)cn1. The molecule has 84 valence electrons. The van der Waals surface area contributed by atoms with Gasteiger partial charge < -0.3 is 5.32 Å². The van der Waals surface area contributed by atoms with Crippen LogP contribution in [-0.4, -0.2) is 15.9 Å². The van der Waals surface area contributed by atoms with Gasteiger partial charge in [0.25, 0.3) is 0 Å². The minimum Gasteiger partial charge on any atom is -0.308 e. The summed E-state index contributed by atoms with van der Waals surface area (Å²) in [6.07, 6.45) is 4.25. The number of nitriles is 1. The molecular formula is C10H11BrN4O. The summed E-state index contributed by atoms with van der Waals surface area (Å²) in [5.41, 5.74) is 0. The molecule has 0 aromatic carbocycles. The Bertz CT molecular complexity index is 398. The maximum atomic E-state index is 11.6. The first-order valence-electron chi connectivity index (χ1n) is 4.85. The van der Waals surface area contributed by atoms with Gasteiger partial charge in [-0.25, -0.2) is 9.97 Å². The molecule has 1 aromatic rings. The average Bonchev–Trinajstić information content (AvgIpc) is 2.29. The number of halogens is 1. The molecule has 0 aliphatic carbocycles. The van der Waals surface area contributed by atoms with E-state index in [0.717, 1.165) is 6.42 Å². The van der Waals surface area contributed by atoms with Crippen molar-refractivity contribution in [2.75, 3.05) is 5.32 Å². The van der Waals surface area contributed by atoms with Crippen LogP contribution in [0.3, 0.4) is 0 Å². The standard InChI is InChI=1S/C10H11BrN4O/c1-2-3-7(4-12)10(16)15-9-6-13-8(11)5-14-9/h5-7H,2-3H2,1H3,(H,14,15,16). The van der Waals surface area contributed by atoms with Gasteiger partial charge in [0, 0.05) is 0 Å². The van der Waals surface area contributed by atoms with E-state index in [9.17, 15) is 4.79 Å². The molecular weight excluding hydrogens is 272 g/mol. The zero-order valence-corrected chi connectivity index (χ0v) is 10.4. The van der Waals surface area contributed by atoms with Crippen LogP contribution in [0.4, 0.5) is 5.82 Å². The molecule has 1 aromatic heterocycles. The number of rotatable bonds is 4. The molecule has 0 bridgehead atoms. The monoisotopic (exact) mass is 282 g/mol. The number of hydrogen-bond donors (Lipinski definition) is 1. The molecule has 1 amide bonds. The first-order chi connectivity index (χ1) is 7.67. The highest BCUT2D eigenvalue weighted by atomic mass is 79.9. The molecule has 0 fully saturated rings. The van der Waals surface area contributed by atoms with Crippen LogP contribution in [-0.2, 0) is 4.79 Å². The van der Waals surface area contributed by atoms with Gasteiger partial charge in [0.2, 0.25) is 5.91 Å². The van der Waals surface area contributed by atoms with Crippen molar-refractivity contribution in [1.82, 2.24) is 9.97 Å². The molecule has 1 heterocycles. The van der Waals surface area contributed by atoms with E-state index in [-0.39, 0.29) is 5.91 Å². The molecule has 1 N–H and O–H groups in total. The third-order valence-corrected chi connectivity index (χ3v) is 2.33. The Hall–Kier alpha value is -1.48. The average molecular weight is 283 g/mol. The Kier molecular flexibility index (Phi) is 4.86. The van der Waals surface area contributed by atoms with E-state index in [1.54, 1.807) is 0 Å². The summed E-state index contributed by atoms with van der Waals surface area (Å²) in [7, 11) is 0. The summed E-state index contributed by atoms with van der Waals surface area (Å²) in [6.45, 7) is 1.93. The molecule has 0 radical (unpaired) electrons. The van der Waals surface area contributed by atoms with Crippen molar-refractivity contribution in [3.8, 4) is 6.07 Å². The molecule has 1 unspecified atom stereocenters. The number of aromatic nitrogens is 2. The van der Waals surface area contributed by atoms with E-state index in [4.69, 9.17) is 5.26 Å². The number of anilines is 1. The Labute approximate surface area is 102 Å². The number of nitrogens with one attached hydrogen (secondary N) is 1. The molecule has 0 aliphatic heterocycles. The van der Waals surface area contributed by atoms with Crippen LogP contribution in [0.15, 0.2) is 17.0 Å². The zero-order chi connectivity index (χ0) is 12.0. The fourth-order valence-electron chi connectivity index (χ4n) is 1.13. The molecule has 1 atom stereocenters. The van der Waals surface area contributed by atoms with Crippen molar-refractivity contribution in [1.29, 1.82) is 5.26 Å². The van der Waals surface area contributed by atoms with Gasteiger partial charge in [-0.2, -0.15) is 5.26 Å². The maximum Gasteiger partial charge on any atom is 0.242 e. The number of hydrogen-bond acceptors (Lipinski definition) is 4. The van der Waals surface area contributed by atoms with E-state index < -0.39 is 5.92 Å². The Morgan fingerprint density at radius 2 is 2.38 bits per heavy atom. The van der Waals surface area contributed by atoms with Gasteiger partial charge >= 0.3 is 0 Å². The van der Waals surface area contributed by atoms with Gasteiger partial charge in [-0.1, -0.05) is 13.3 Å². The van der Waals surface area contributed by atoms with Crippen LogP contribution >= 0.6 is 15.9 Å². The van der Waals surface area contributed by atoms with Gasteiger partial charge in [-0.3, -0.25) is 4.79 Å². The Morgan fingerprint density at radius 1 is 1.62 bits per heavy atom. The third-order valence-electron chi connectivity index (χ3n) is 1.92. The molecule has 5 nitrogen and oxygen atoms in total. The summed E-state index contributed by atoms with van der Waals surface area (Å²) in [5.74, 6) is -0.610. The lowest BCUT2D eigenvalue weighted by molar-refractivity contribution is -0.118. The van der Waals surface area contributed by atoms with Gasteiger partial charge in [0.15, 0.2) is 5.82 Å². The quantitative estimate of drug-likeness (QED) is 0.917. The molecule has 0 aliphatic rings. The van der Waals surface area contributed by atoms with Crippen LogP contribution in [0.1, 0.15) is 19.8 Å². The molecule has 6 heteroatoms. The second-order valence-electron chi connectivity index (χ2n) is 3.18. The molecule has 0 saturated heterocycles. The second-order valence-corrected chi connectivity index (χ2v) is 4.00. The third kappa shape index (κ3) is 3.59. The summed E-state index contributed by atoms with van der Waals surface area (Å²) in [5, 5.41) is 11.3. The molecule has 16 heavy (non-hydrogen) atoms. The lowest BCUT2D eigenvalue weighted by atomic mass is 10.1. The summed E-state index contributed by atoms with van der Waals surface area (Å²) in [4.78, 5) is 19.5. The lowest BCUT2D eigenvalue weighted by Gasteiger charge is -2.07. The summed E-state index contributed by atoms with van der Waals surface area (Å²) >= 11 is 3.14. The van der Waals surface area contributed by atoms with E-state index in [1.165, 1.54) is 12.4 Å². The fourth-order valence-corrected chi connectivity index (χ4v) is 1.34. The number of carbonyl (C=O) groups is 1. The zero-order valence-electron chi connectivity index (χ0n) is 8.77. The highest BCUT2D eigenvalue weighted by Crippen LogP contribution is 2.10. The van der Waals surface area contributed by atoms with Crippen molar-refractivity contribution in [2.24, 2.45) is 5.92 Å². The predicted molar refractivity (Wildman–Crippen MR) is 62.4 cm³/mol. The highest BCUT2D eigenvalue weighted by molar-refractivity contribution is 9.10. The molecule has 1 rings (SSSR count). The number of carbonyl (C=O) groups excluding carboxylic acids is 1. The van der Waals surface area contributed by atoms with Crippen molar-refractivity contribution in [2.45, 2.75) is 19.8 Å². The van der Waals surface area contributed by atoms with Crippen molar-refractivity contribution < 1.29 is 4.79 Å². The van der Waals surface area contributed by atoms with Crippen LogP contribution in [0.25, 0.3) is 0 Å². The minimum atomic E-state index is -0.629. The normalized spacial score (nSPS) is 11.6. The van der Waals surface area contributed by atoms with E-state index in [1.807, 2.05) is 13.0 Å². The van der Waals surface area contributed by atoms with Crippen LogP contribution in [0, 0.1) is 17.2 Å². The van der Waals surface area contributed by atoms with E-state index in [2.05, 4.69) is 31.2 Å². The van der Waals surface area contributed by atoms with Crippen molar-refractivity contribution >= 4 is 27.7 Å². The summed E-state index contributed by atoms with van der Waals surface area (Å²) in [6, 6.07) is 1.96. The lowest BCUT2D eigenvalue weighted by Crippen LogP contribution is -2.22. The van der Waals surface area contributed by atoms with Crippen LogP contribution in [0.5, 0.6) is 0 Å². The molecule has 0 spiro atoms. The van der Waals surface area contributed by atoms with Crippen molar-refractivity contribution in [3.63, 3.8) is 0 Å². The van der Waals surface area contributed by atoms with Crippen molar-refractivity contribution in [3.05, 3.63) is 17.0 Å². The highest BCUT2D eigenvalue weighted by Gasteiger charge is 2.17. The Morgan fingerprint density at radius 3 is 2.88 bits per heavy atom. The fraction of sp³-hybridized carbons (Fsp3) is 0.400. The van der Waals surface area contributed by atoms with E-state index in [0.29, 0.717) is 16.8 Å². The first kappa shape index (κ1) is 12.6. The van der Waals surface area contributed by atoms with Gasteiger partial charge in [-0.05, 0) is 22.4 Å². The van der Waals surface area contributed by atoms with Gasteiger partial charge in [0.05, 0.1) is 18.5 Å². The van der Waals surface area contributed by atoms with E-state index >= 15 is 0 Å². The predicted octanol–water partition coefficient (Wildman–Crippen LogP) is 2.12. The number of nitrogens with zero attached hydrogens (tertiary/aromatic N) is 3. The second kappa shape index (κ2) is 6.18. The molecule has 0 saturated carbocycles. The number of amides is 1. The topological polar surface area (TPSA) is 78.7 Å². The van der Waals surface area contributed by atoms with Gasteiger partial charge in [0.1, 0.15) is 10.5 Å². The first-order valence-corrected chi connectivity index (χ1v) is 5.64.